The van der Waals surface area contributed by atoms with Gasteiger partial charge in [0.15, 0.2) is 50.3 Å². The van der Waals surface area contributed by atoms with Crippen molar-refractivity contribution in [3.05, 3.63) is 0 Å². The lowest BCUT2D eigenvalue weighted by atomic mass is 9.93. The summed E-state index contributed by atoms with van der Waals surface area (Å²) in [6.07, 6.45) is -72.4. The molecular formula is C58H97N5O41. The lowest BCUT2D eigenvalue weighted by molar-refractivity contribution is -0.410. The first kappa shape index (κ1) is 85.5. The maximum Gasteiger partial charge on any atom is 0.217 e. The monoisotopic (exact) mass is 1520 g/mol. The van der Waals surface area contributed by atoms with Crippen molar-refractivity contribution in [2.75, 3.05) is 52.9 Å². The molecule has 8 fully saturated rings. The summed E-state index contributed by atoms with van der Waals surface area (Å²) in [7, 11) is 0. The number of hydrogen-bond acceptors (Lipinski definition) is 41. The first-order valence-electron chi connectivity index (χ1n) is 33.1. The Labute approximate surface area is 589 Å². The number of carbonyl (C=O) groups is 5. The van der Waals surface area contributed by atoms with E-state index >= 15 is 0 Å². The van der Waals surface area contributed by atoms with Gasteiger partial charge in [-0.25, -0.2) is 0 Å². The van der Waals surface area contributed by atoms with Crippen LogP contribution in [-0.2, 0) is 95.0 Å². The summed E-state index contributed by atoms with van der Waals surface area (Å²) < 4.78 is 90.5. The van der Waals surface area contributed by atoms with Crippen LogP contribution in [0.25, 0.3) is 0 Å². The molecule has 5 amide bonds. The topological polar surface area (TPSA) is 709 Å². The van der Waals surface area contributed by atoms with Crippen LogP contribution in [0.4, 0.5) is 0 Å². The molecule has 46 nitrogen and oxygen atoms in total. The molecule has 0 aromatic heterocycles. The van der Waals surface area contributed by atoms with Crippen LogP contribution >= 0.6 is 0 Å². The maximum absolute atomic E-state index is 13.0. The van der Waals surface area contributed by atoms with E-state index in [1.165, 1.54) is 0 Å². The fraction of sp³-hybridized carbons (Fsp3) is 0.914. The Kier molecular flexibility index (Phi) is 30.9. The molecule has 8 saturated heterocycles. The lowest BCUT2D eigenvalue weighted by Crippen LogP contribution is -2.72. The highest BCUT2D eigenvalue weighted by Crippen LogP contribution is 2.40. The van der Waals surface area contributed by atoms with Crippen LogP contribution in [0.15, 0.2) is 0 Å². The van der Waals surface area contributed by atoms with Gasteiger partial charge in [0.2, 0.25) is 29.5 Å². The van der Waals surface area contributed by atoms with Crippen molar-refractivity contribution in [2.45, 2.75) is 280 Å². The quantitative estimate of drug-likeness (QED) is 0.0363. The third-order valence-corrected chi connectivity index (χ3v) is 18.7. The van der Waals surface area contributed by atoms with E-state index < -0.39 is 328 Å². The molecule has 0 aromatic rings. The minimum Gasteiger partial charge on any atom is -0.394 e. The van der Waals surface area contributed by atoms with Gasteiger partial charge in [0.25, 0.3) is 0 Å². The largest absolute Gasteiger partial charge is 0.394 e. The standard InChI is InChI=1S/C58H97N5O41/c1-14(72)59-27-37(82)44(22(9-67)90-51(27)89)98-54-30(62-17(4)75)39(84)46(24(11-69)94-54)101-57-43(88)49(48(26(13-71)96-57)102-52-28(60-15(2)73)35(80)32(77)19(6-64)91-52)103-58-50(104-53-29(61-16(3)74)36(81)33(78)20(7-65)92-53)42(87)47(25(12-70)97-58)99-55-31(63-18(5)76)38(83)45(23(10-68)95-55)100-56-41(86)40(85)34(79)21(8-66)93-56/h19-58,64-71,77-89H,6-13H2,1-5H3,(H,59,72)(H,60,73)(H,61,74)(H,62,75)(H,63,76)/t19-,20-,21+,22-,23-,24-,25-,26-,27-,28-,29-,30-,31-,32-,33-,34-,35-,36-,37-,38-,39-,40-,41+,42+,43+,44-,45-,46-,47-,48-,49-,50+,51?,52+,53+,54+,55+,56-,57+,58-/m1/s1. The van der Waals surface area contributed by atoms with Gasteiger partial charge in [-0.1, -0.05) is 0 Å². The zero-order chi connectivity index (χ0) is 76.8. The van der Waals surface area contributed by atoms with E-state index in [-0.39, 0.29) is 0 Å². The predicted octanol–water partition coefficient (Wildman–Crippen LogP) is -17.7. The summed E-state index contributed by atoms with van der Waals surface area (Å²) in [6.45, 7) is -4.04. The number of hydrogen-bond donors (Lipinski definition) is 26. The van der Waals surface area contributed by atoms with E-state index in [1.54, 1.807) is 0 Å². The van der Waals surface area contributed by atoms with Gasteiger partial charge in [-0.15, -0.1) is 0 Å². The molecule has 0 saturated carbocycles. The van der Waals surface area contributed by atoms with Crippen LogP contribution in [0.3, 0.4) is 0 Å². The van der Waals surface area contributed by atoms with Crippen LogP contribution in [0, 0.1) is 0 Å². The number of rotatable bonds is 27. The molecule has 0 radical (unpaired) electrons. The van der Waals surface area contributed by atoms with Crippen LogP contribution in [-0.4, -0.2) is 435 Å². The molecule has 1 unspecified atom stereocenters. The molecule has 46 heteroatoms. The minimum absolute atomic E-state index is 0.769. The van der Waals surface area contributed by atoms with E-state index in [1.807, 2.05) is 0 Å². The summed E-state index contributed by atoms with van der Waals surface area (Å²) in [5, 5.41) is 246. The van der Waals surface area contributed by atoms with Gasteiger partial charge in [0.1, 0.15) is 195 Å². The van der Waals surface area contributed by atoms with Crippen molar-refractivity contribution in [1.29, 1.82) is 0 Å². The Hall–Kier alpha value is -4.09. The molecule has 104 heavy (non-hydrogen) atoms. The molecule has 600 valence electrons. The second kappa shape index (κ2) is 37.5. The van der Waals surface area contributed by atoms with E-state index in [0.29, 0.717) is 0 Å². The molecule has 8 heterocycles. The molecule has 40 atom stereocenters. The van der Waals surface area contributed by atoms with Gasteiger partial charge in [0, 0.05) is 34.6 Å². The number of aliphatic hydroxyl groups excluding tert-OH is 21. The van der Waals surface area contributed by atoms with Crippen LogP contribution in [0.2, 0.25) is 0 Å². The third kappa shape index (κ3) is 19.0. The van der Waals surface area contributed by atoms with Gasteiger partial charge >= 0.3 is 0 Å². The molecule has 0 aliphatic carbocycles. The normalized spacial score (nSPS) is 47.2. The fourth-order valence-electron chi connectivity index (χ4n) is 13.5. The van der Waals surface area contributed by atoms with Crippen molar-refractivity contribution >= 4 is 29.5 Å². The first-order valence-corrected chi connectivity index (χ1v) is 33.1. The summed E-state index contributed by atoms with van der Waals surface area (Å²) in [6, 6.07) is -9.17. The number of nitrogens with one attached hydrogen (secondary N) is 5. The van der Waals surface area contributed by atoms with E-state index in [0.717, 1.165) is 34.6 Å². The number of amides is 5. The molecule has 8 aliphatic heterocycles. The molecule has 26 N–H and O–H groups in total. The van der Waals surface area contributed by atoms with Gasteiger partial charge in [-0.2, -0.15) is 0 Å². The lowest BCUT2D eigenvalue weighted by Gasteiger charge is -2.53. The van der Waals surface area contributed by atoms with Crippen LogP contribution in [0.5, 0.6) is 0 Å². The average Bonchev–Trinajstić information content (AvgIpc) is 0.763. The SMILES string of the molecule is CC(=O)N[C@H]1[C@H](O[C@H]2[C@H](O)[C@H](O[C@@H]3O[C@H](CO)[C@@H](O)[C@H](O)[C@H]3NC(C)=O)[C@@H](O[C@@H]3[C@H](O)[C@H](O[C@H]4[C@H](O)[C@@H](NC(C)=O)[C@H](O[C@H]5[C@H](O)[C@@H](NC(C)=O)C(O)O[C@@H]5CO)O[C@@H]4CO)O[C@H](CO)[C@H]3O[C@@H]3O[C@H](CO)[C@@H](O)[C@H](O)[C@H]3NC(C)=O)O[C@@H]2CO)O[C@H](CO)[C@@H](O[C@H]2O[C@@H](CO)[C@@H](O)[C@@H](O)[C@@H]2O)[C@@H]1O. The Bertz CT molecular complexity index is 2770. The Morgan fingerprint density at radius 2 is 0.471 bits per heavy atom. The maximum atomic E-state index is 13.0. The van der Waals surface area contributed by atoms with Gasteiger partial charge in [0.05, 0.1) is 52.9 Å². The first-order chi connectivity index (χ1) is 49.2. The van der Waals surface area contributed by atoms with Gasteiger partial charge in [-0.3, -0.25) is 24.0 Å². The molecule has 8 rings (SSSR count). The zero-order valence-corrected chi connectivity index (χ0v) is 56.3. The number of aliphatic hydroxyl groups is 21. The highest BCUT2D eigenvalue weighted by Gasteiger charge is 2.61. The van der Waals surface area contributed by atoms with Gasteiger partial charge in [-0.05, 0) is 0 Å². The van der Waals surface area contributed by atoms with Crippen molar-refractivity contribution in [3.8, 4) is 0 Å². The second-order valence-electron chi connectivity index (χ2n) is 26.0. The molecule has 0 spiro atoms. The summed E-state index contributed by atoms with van der Waals surface area (Å²) in [5.41, 5.74) is 0. The average molecular weight is 1520 g/mol. The number of carbonyl (C=O) groups excluding carboxylic acids is 5. The molecule has 0 bridgehead atoms. The summed E-state index contributed by atoms with van der Waals surface area (Å²) in [4.78, 5) is 63.5. The van der Waals surface area contributed by atoms with Crippen molar-refractivity contribution < 1.29 is 202 Å². The van der Waals surface area contributed by atoms with Crippen LogP contribution in [0.1, 0.15) is 34.6 Å². The molecule has 0 aromatic carbocycles. The second-order valence-corrected chi connectivity index (χ2v) is 26.0. The number of ether oxygens (including phenoxy) is 15. The Morgan fingerprint density at radius 1 is 0.231 bits per heavy atom. The molecule has 8 aliphatic rings. The minimum atomic E-state index is -2.58. The summed E-state index contributed by atoms with van der Waals surface area (Å²) in [5.74, 6) is -4.44. The van der Waals surface area contributed by atoms with Crippen LogP contribution < -0.4 is 26.6 Å². The summed E-state index contributed by atoms with van der Waals surface area (Å²) >= 11 is 0. The highest BCUT2D eigenvalue weighted by molar-refractivity contribution is 5.75. The van der Waals surface area contributed by atoms with E-state index in [4.69, 9.17) is 71.1 Å². The van der Waals surface area contributed by atoms with Crippen molar-refractivity contribution in [3.63, 3.8) is 0 Å². The van der Waals surface area contributed by atoms with E-state index in [9.17, 15) is 131 Å². The fourth-order valence-corrected chi connectivity index (χ4v) is 13.5. The zero-order valence-electron chi connectivity index (χ0n) is 56.3. The van der Waals surface area contributed by atoms with Crippen molar-refractivity contribution in [1.82, 2.24) is 26.6 Å². The predicted molar refractivity (Wildman–Crippen MR) is 322 cm³/mol. The third-order valence-electron chi connectivity index (χ3n) is 18.7. The Balaban J connectivity index is 1.20. The van der Waals surface area contributed by atoms with Gasteiger partial charge < -0.3 is 205 Å². The van der Waals surface area contributed by atoms with Crippen molar-refractivity contribution in [2.24, 2.45) is 0 Å². The molecular weight excluding hydrogens is 1420 g/mol. The Morgan fingerprint density at radius 3 is 0.846 bits per heavy atom. The smallest absolute Gasteiger partial charge is 0.217 e. The van der Waals surface area contributed by atoms with E-state index in [2.05, 4.69) is 26.6 Å². The highest BCUT2D eigenvalue weighted by atomic mass is 16.8.